The average Bonchev–Trinajstić information content (AvgIpc) is 3.23. The monoisotopic (exact) mass is 528 g/mol. The second-order valence-corrected chi connectivity index (χ2v) is 10.6. The Morgan fingerprint density at radius 1 is 1.11 bits per heavy atom. The van der Waals surface area contributed by atoms with Gasteiger partial charge in [-0.15, -0.1) is 0 Å². The standard InChI is InChI=1S/C28H33ClN2O6/c1-18-10-8-11-19(29)23(18)30-15-9-13-28-22(21-20(37-28)12-4-7-17-36-27(21)35)25(33)31(24(28)26(30)34)14-5-2-3-6-16-32/h4,8-13,20-22,24,32H,2-3,5-7,14-17H2,1H3/t20-,21+,22+,24?,28+/m1/s1. The van der Waals surface area contributed by atoms with Crippen LogP contribution in [0.25, 0.3) is 0 Å². The maximum absolute atomic E-state index is 14.4. The van der Waals surface area contributed by atoms with Crippen LogP contribution in [0, 0.1) is 18.8 Å². The van der Waals surface area contributed by atoms with Gasteiger partial charge in [-0.2, -0.15) is 0 Å². The van der Waals surface area contributed by atoms with E-state index in [4.69, 9.17) is 26.2 Å². The molecule has 0 aromatic heterocycles. The number of fused-ring (bicyclic) bond motifs is 2. The Hall–Kier alpha value is -2.68. The fourth-order valence-electron chi connectivity index (χ4n) is 6.26. The Bertz CT molecular complexity index is 1120. The van der Waals surface area contributed by atoms with E-state index < -0.39 is 35.6 Å². The highest BCUT2D eigenvalue weighted by Gasteiger charge is 2.71. The van der Waals surface area contributed by atoms with E-state index in [-0.39, 0.29) is 31.6 Å². The number of unbranched alkanes of at least 4 members (excludes halogenated alkanes) is 3. The molecule has 0 radical (unpaired) electrons. The number of carbonyl (C=O) groups is 3. The number of aliphatic hydroxyl groups excluding tert-OH is 1. The summed E-state index contributed by atoms with van der Waals surface area (Å²) in [5.74, 6) is -2.68. The predicted molar refractivity (Wildman–Crippen MR) is 138 cm³/mol. The summed E-state index contributed by atoms with van der Waals surface area (Å²) in [6, 6.07) is 4.54. The SMILES string of the molecule is Cc1cccc(Cl)c1N1CC=C[C@]23O[C@@H]4C=CCCOC(=O)[C@@H]4[C@H]2C(=O)N(CCCCCCO)C3C1=O. The molecule has 4 aliphatic heterocycles. The van der Waals surface area contributed by atoms with Crippen LogP contribution in [0.1, 0.15) is 37.7 Å². The lowest BCUT2D eigenvalue weighted by Gasteiger charge is -2.36. The molecule has 9 heteroatoms. The van der Waals surface area contributed by atoms with E-state index in [9.17, 15) is 14.4 Å². The molecule has 1 unspecified atom stereocenters. The lowest BCUT2D eigenvalue weighted by atomic mass is 9.77. The van der Waals surface area contributed by atoms with Crippen molar-refractivity contribution in [2.75, 3.05) is 31.2 Å². The van der Waals surface area contributed by atoms with Crippen LogP contribution < -0.4 is 4.90 Å². The Balaban J connectivity index is 1.56. The lowest BCUT2D eigenvalue weighted by molar-refractivity contribution is -0.154. The molecule has 2 fully saturated rings. The lowest BCUT2D eigenvalue weighted by Crippen LogP contribution is -2.55. The molecule has 37 heavy (non-hydrogen) atoms. The van der Waals surface area contributed by atoms with Crippen LogP contribution in [0.15, 0.2) is 42.5 Å². The van der Waals surface area contributed by atoms with Gasteiger partial charge in [-0.3, -0.25) is 14.4 Å². The number of para-hydroxylation sites is 1. The van der Waals surface area contributed by atoms with Crippen molar-refractivity contribution in [2.45, 2.75) is 56.8 Å². The number of benzene rings is 1. The summed E-state index contributed by atoms with van der Waals surface area (Å²) in [4.78, 5) is 44.8. The molecule has 198 valence electrons. The summed E-state index contributed by atoms with van der Waals surface area (Å²) in [5, 5.41) is 9.56. The summed E-state index contributed by atoms with van der Waals surface area (Å²) in [7, 11) is 0. The quantitative estimate of drug-likeness (QED) is 0.332. The molecule has 8 nitrogen and oxygen atoms in total. The molecule has 2 amide bonds. The minimum Gasteiger partial charge on any atom is -0.465 e. The second-order valence-electron chi connectivity index (χ2n) is 10.2. The van der Waals surface area contributed by atoms with Gasteiger partial charge in [-0.05, 0) is 37.8 Å². The fraction of sp³-hybridized carbons (Fsp3) is 0.536. The third kappa shape index (κ3) is 4.39. The number of amides is 2. The number of hydrogen-bond acceptors (Lipinski definition) is 6. The third-order valence-corrected chi connectivity index (χ3v) is 8.19. The normalized spacial score (nSPS) is 30.9. The molecule has 4 heterocycles. The minimum atomic E-state index is -1.29. The molecule has 1 aromatic carbocycles. The van der Waals surface area contributed by atoms with Crippen molar-refractivity contribution < 1.29 is 29.0 Å². The first-order chi connectivity index (χ1) is 17.9. The van der Waals surface area contributed by atoms with E-state index in [0.29, 0.717) is 36.5 Å². The summed E-state index contributed by atoms with van der Waals surface area (Å²) in [6.07, 6.45) is 10.3. The van der Waals surface area contributed by atoms with Gasteiger partial charge in [0.15, 0.2) is 0 Å². The summed E-state index contributed by atoms with van der Waals surface area (Å²) in [5.41, 5.74) is 0.173. The highest BCUT2D eigenvalue weighted by atomic mass is 35.5. The zero-order valence-electron chi connectivity index (χ0n) is 21.0. The average molecular weight is 529 g/mol. The van der Waals surface area contributed by atoms with Crippen LogP contribution in [-0.4, -0.2) is 71.8 Å². The molecule has 2 saturated heterocycles. The zero-order valence-corrected chi connectivity index (χ0v) is 21.7. The molecule has 0 saturated carbocycles. The summed E-state index contributed by atoms with van der Waals surface area (Å²) >= 11 is 6.57. The number of aryl methyl sites for hydroxylation is 1. The van der Waals surface area contributed by atoms with Gasteiger partial charge in [0.2, 0.25) is 5.91 Å². The van der Waals surface area contributed by atoms with Crippen molar-refractivity contribution in [2.24, 2.45) is 11.8 Å². The molecular weight excluding hydrogens is 496 g/mol. The van der Waals surface area contributed by atoms with E-state index in [0.717, 1.165) is 18.4 Å². The smallest absolute Gasteiger partial charge is 0.312 e. The second kappa shape index (κ2) is 10.6. The van der Waals surface area contributed by atoms with Crippen molar-refractivity contribution in [1.82, 2.24) is 4.90 Å². The van der Waals surface area contributed by atoms with Gasteiger partial charge in [0, 0.05) is 19.7 Å². The van der Waals surface area contributed by atoms with E-state index >= 15 is 0 Å². The first-order valence-electron chi connectivity index (χ1n) is 13.1. The molecule has 1 aromatic rings. The van der Waals surface area contributed by atoms with Crippen molar-refractivity contribution in [3.05, 3.63) is 53.1 Å². The van der Waals surface area contributed by atoms with E-state index in [2.05, 4.69) is 0 Å². The van der Waals surface area contributed by atoms with Crippen molar-refractivity contribution in [3.8, 4) is 0 Å². The number of rotatable bonds is 7. The van der Waals surface area contributed by atoms with Crippen LogP contribution in [0.3, 0.4) is 0 Å². The number of anilines is 1. The molecule has 5 rings (SSSR count). The van der Waals surface area contributed by atoms with Gasteiger partial charge >= 0.3 is 5.97 Å². The van der Waals surface area contributed by atoms with Crippen LogP contribution in [0.4, 0.5) is 5.69 Å². The molecule has 5 atom stereocenters. The maximum Gasteiger partial charge on any atom is 0.312 e. The predicted octanol–water partition coefficient (Wildman–Crippen LogP) is 3.19. The number of cyclic esters (lactones) is 1. The van der Waals surface area contributed by atoms with Gasteiger partial charge in [0.05, 0.1) is 29.3 Å². The van der Waals surface area contributed by atoms with Crippen molar-refractivity contribution in [1.29, 1.82) is 0 Å². The number of likely N-dealkylation sites (tertiary alicyclic amines) is 1. The minimum absolute atomic E-state index is 0.123. The Morgan fingerprint density at radius 3 is 2.70 bits per heavy atom. The summed E-state index contributed by atoms with van der Waals surface area (Å²) < 4.78 is 12.0. The van der Waals surface area contributed by atoms with E-state index in [1.807, 2.05) is 43.4 Å². The fourth-order valence-corrected chi connectivity index (χ4v) is 6.58. The summed E-state index contributed by atoms with van der Waals surface area (Å²) in [6.45, 7) is 2.89. The van der Waals surface area contributed by atoms with Crippen molar-refractivity contribution >= 4 is 35.1 Å². The number of ether oxygens (including phenoxy) is 2. The molecule has 0 aliphatic carbocycles. The topological polar surface area (TPSA) is 96.4 Å². The third-order valence-electron chi connectivity index (χ3n) is 7.89. The first kappa shape index (κ1) is 25.9. The maximum atomic E-state index is 14.4. The van der Waals surface area contributed by atoms with Crippen LogP contribution in [0.2, 0.25) is 5.02 Å². The van der Waals surface area contributed by atoms with Gasteiger partial charge in [-0.1, -0.05) is 60.9 Å². The van der Waals surface area contributed by atoms with Gasteiger partial charge in [0.25, 0.3) is 5.91 Å². The number of hydrogen-bond donors (Lipinski definition) is 1. The first-order valence-corrected chi connectivity index (χ1v) is 13.4. The number of nitrogens with zero attached hydrogens (tertiary/aromatic N) is 2. The number of carbonyl (C=O) groups excluding carboxylic acids is 3. The van der Waals surface area contributed by atoms with Gasteiger partial charge in [0.1, 0.15) is 17.6 Å². The van der Waals surface area contributed by atoms with Gasteiger partial charge < -0.3 is 24.4 Å². The van der Waals surface area contributed by atoms with Crippen LogP contribution >= 0.6 is 11.6 Å². The molecule has 0 bridgehead atoms. The van der Waals surface area contributed by atoms with E-state index in [1.54, 1.807) is 15.9 Å². The zero-order chi connectivity index (χ0) is 26.2. The highest BCUT2D eigenvalue weighted by molar-refractivity contribution is 6.34. The Labute approximate surface area is 221 Å². The number of aliphatic hydroxyl groups is 1. The Kier molecular flexibility index (Phi) is 7.43. The largest absolute Gasteiger partial charge is 0.465 e. The highest BCUT2D eigenvalue weighted by Crippen LogP contribution is 2.53. The van der Waals surface area contributed by atoms with Crippen LogP contribution in [0.5, 0.6) is 0 Å². The molecule has 1 N–H and O–H groups in total. The molecular formula is C28H33ClN2O6. The van der Waals surface area contributed by atoms with E-state index in [1.165, 1.54) is 0 Å². The van der Waals surface area contributed by atoms with Crippen LogP contribution in [-0.2, 0) is 23.9 Å². The molecule has 4 aliphatic rings. The van der Waals surface area contributed by atoms with Crippen molar-refractivity contribution in [3.63, 3.8) is 0 Å². The Morgan fingerprint density at radius 2 is 1.92 bits per heavy atom. The number of halogens is 1. The molecule has 1 spiro atoms. The van der Waals surface area contributed by atoms with Gasteiger partial charge in [-0.25, -0.2) is 0 Å². The number of esters is 1.